The van der Waals surface area contributed by atoms with E-state index in [9.17, 15) is 18.3 Å². The van der Waals surface area contributed by atoms with Crippen molar-refractivity contribution in [2.45, 2.75) is 18.4 Å². The molecule has 1 rings (SSSR count). The number of pyridine rings is 1. The van der Waals surface area contributed by atoms with Crippen LogP contribution in [0.15, 0.2) is 12.3 Å². The average molecular weight is 267 g/mol. The van der Waals surface area contributed by atoms with Crippen LogP contribution in [0.3, 0.4) is 0 Å². The molecule has 1 heterocycles. The molecule has 0 saturated heterocycles. The maximum absolute atomic E-state index is 12.6. The average Bonchev–Trinajstić information content (AvgIpc) is 2.35. The highest BCUT2D eigenvalue weighted by Gasteiger charge is 2.36. The van der Waals surface area contributed by atoms with E-state index >= 15 is 0 Å². The number of ether oxygens (including phenoxy) is 1. The second-order valence-electron chi connectivity index (χ2n) is 3.52. The summed E-state index contributed by atoms with van der Waals surface area (Å²) in [5, 5.41) is 27.3. The summed E-state index contributed by atoms with van der Waals surface area (Å²) in [5.74, 6) is -0.628. The number of methoxy groups -OCH3 is 1. The Balaban J connectivity index is 3.18. The van der Waals surface area contributed by atoms with Crippen molar-refractivity contribution in [1.82, 2.24) is 4.98 Å². The lowest BCUT2D eigenvalue weighted by atomic mass is 10.0. The number of rotatable bonds is 4. The van der Waals surface area contributed by atoms with E-state index in [0.29, 0.717) is 6.07 Å². The summed E-state index contributed by atoms with van der Waals surface area (Å²) in [7, 11) is 1.04. The molecular formula is C10H12F3NO4. The molecule has 0 spiro atoms. The quantitative estimate of drug-likeness (QED) is 0.739. The third-order valence-electron chi connectivity index (χ3n) is 2.26. The summed E-state index contributed by atoms with van der Waals surface area (Å²) >= 11 is 0. The SMILES string of the molecule is COc1ncc(C(O)C(O)CO)cc1C(F)(F)F. The molecule has 0 aliphatic carbocycles. The molecule has 0 amide bonds. The Morgan fingerprint density at radius 2 is 2.00 bits per heavy atom. The van der Waals surface area contributed by atoms with E-state index in [0.717, 1.165) is 13.3 Å². The fourth-order valence-electron chi connectivity index (χ4n) is 1.32. The van der Waals surface area contributed by atoms with E-state index in [1.165, 1.54) is 0 Å². The normalized spacial score (nSPS) is 15.3. The number of hydrogen-bond donors (Lipinski definition) is 3. The van der Waals surface area contributed by atoms with Crippen molar-refractivity contribution >= 4 is 0 Å². The molecule has 2 atom stereocenters. The van der Waals surface area contributed by atoms with Crippen LogP contribution < -0.4 is 4.74 Å². The lowest BCUT2D eigenvalue weighted by Gasteiger charge is -2.18. The molecule has 0 aliphatic rings. The predicted molar refractivity (Wildman–Crippen MR) is 53.8 cm³/mol. The molecule has 102 valence electrons. The van der Waals surface area contributed by atoms with Crippen LogP contribution in [-0.4, -0.2) is 40.1 Å². The molecular weight excluding hydrogens is 255 g/mol. The van der Waals surface area contributed by atoms with Crippen LogP contribution >= 0.6 is 0 Å². The van der Waals surface area contributed by atoms with Crippen molar-refractivity contribution < 1.29 is 33.2 Å². The number of aromatic nitrogens is 1. The zero-order valence-corrected chi connectivity index (χ0v) is 9.35. The summed E-state index contributed by atoms with van der Waals surface area (Å²) in [6.07, 6.45) is -6.99. The van der Waals surface area contributed by atoms with E-state index in [4.69, 9.17) is 10.2 Å². The Bertz CT molecular complexity index is 411. The van der Waals surface area contributed by atoms with Gasteiger partial charge in [0, 0.05) is 11.8 Å². The molecule has 2 unspecified atom stereocenters. The first-order valence-electron chi connectivity index (χ1n) is 4.89. The Morgan fingerprint density at radius 3 is 2.44 bits per heavy atom. The van der Waals surface area contributed by atoms with E-state index in [1.54, 1.807) is 0 Å². The van der Waals surface area contributed by atoms with E-state index < -0.39 is 36.4 Å². The van der Waals surface area contributed by atoms with Gasteiger partial charge in [-0.2, -0.15) is 13.2 Å². The van der Waals surface area contributed by atoms with Gasteiger partial charge in [-0.15, -0.1) is 0 Å². The van der Waals surface area contributed by atoms with Crippen molar-refractivity contribution in [3.05, 3.63) is 23.4 Å². The zero-order chi connectivity index (χ0) is 13.9. The minimum atomic E-state index is -4.70. The molecule has 0 aromatic carbocycles. The lowest BCUT2D eigenvalue weighted by Crippen LogP contribution is -2.23. The smallest absolute Gasteiger partial charge is 0.421 e. The number of halogens is 3. The van der Waals surface area contributed by atoms with Crippen LogP contribution in [0.25, 0.3) is 0 Å². The molecule has 0 aliphatic heterocycles. The summed E-state index contributed by atoms with van der Waals surface area (Å²) in [5.41, 5.74) is -1.42. The van der Waals surface area contributed by atoms with Gasteiger partial charge in [-0.1, -0.05) is 0 Å². The number of alkyl halides is 3. The second-order valence-corrected chi connectivity index (χ2v) is 3.52. The third-order valence-corrected chi connectivity index (χ3v) is 2.26. The zero-order valence-electron chi connectivity index (χ0n) is 9.35. The maximum Gasteiger partial charge on any atom is 0.421 e. The summed E-state index contributed by atoms with van der Waals surface area (Å²) in [6.45, 7) is -0.783. The monoisotopic (exact) mass is 267 g/mol. The number of aliphatic hydroxyl groups excluding tert-OH is 3. The van der Waals surface area contributed by atoms with Crippen LogP contribution in [0.4, 0.5) is 13.2 Å². The molecule has 8 heteroatoms. The van der Waals surface area contributed by atoms with Crippen molar-refractivity contribution in [3.63, 3.8) is 0 Å². The molecule has 0 radical (unpaired) electrons. The van der Waals surface area contributed by atoms with Gasteiger partial charge in [0.05, 0.1) is 13.7 Å². The highest BCUT2D eigenvalue weighted by molar-refractivity contribution is 5.33. The minimum Gasteiger partial charge on any atom is -0.481 e. The highest BCUT2D eigenvalue weighted by atomic mass is 19.4. The largest absolute Gasteiger partial charge is 0.481 e. The van der Waals surface area contributed by atoms with Gasteiger partial charge in [-0.25, -0.2) is 4.98 Å². The first kappa shape index (κ1) is 14.7. The summed E-state index contributed by atoms with van der Waals surface area (Å²) in [6, 6.07) is 0.620. The van der Waals surface area contributed by atoms with Crippen molar-refractivity contribution in [1.29, 1.82) is 0 Å². The Labute approximate surface area is 100 Å². The van der Waals surface area contributed by atoms with E-state index in [1.807, 2.05) is 0 Å². The van der Waals surface area contributed by atoms with Crippen molar-refractivity contribution in [2.75, 3.05) is 13.7 Å². The van der Waals surface area contributed by atoms with E-state index in [-0.39, 0.29) is 5.56 Å². The number of hydrogen-bond acceptors (Lipinski definition) is 5. The van der Waals surface area contributed by atoms with Crippen LogP contribution in [0.2, 0.25) is 0 Å². The highest BCUT2D eigenvalue weighted by Crippen LogP contribution is 2.36. The van der Waals surface area contributed by atoms with Crippen LogP contribution in [0.5, 0.6) is 5.88 Å². The third kappa shape index (κ3) is 3.09. The summed E-state index contributed by atoms with van der Waals surface area (Å²) in [4.78, 5) is 3.41. The van der Waals surface area contributed by atoms with Gasteiger partial charge >= 0.3 is 6.18 Å². The molecule has 18 heavy (non-hydrogen) atoms. The molecule has 3 N–H and O–H groups in total. The summed E-state index contributed by atoms with van der Waals surface area (Å²) < 4.78 is 42.4. The van der Waals surface area contributed by atoms with Crippen molar-refractivity contribution in [3.8, 4) is 5.88 Å². The van der Waals surface area contributed by atoms with E-state index in [2.05, 4.69) is 9.72 Å². The van der Waals surface area contributed by atoms with Crippen LogP contribution in [0, 0.1) is 0 Å². The number of nitrogens with zero attached hydrogens (tertiary/aromatic N) is 1. The fourth-order valence-corrected chi connectivity index (χ4v) is 1.32. The maximum atomic E-state index is 12.6. The van der Waals surface area contributed by atoms with Gasteiger partial charge in [-0.3, -0.25) is 0 Å². The van der Waals surface area contributed by atoms with Gasteiger partial charge in [0.15, 0.2) is 0 Å². The minimum absolute atomic E-state index is 0.260. The molecule has 0 fully saturated rings. The molecule has 1 aromatic rings. The van der Waals surface area contributed by atoms with Crippen LogP contribution in [0.1, 0.15) is 17.2 Å². The van der Waals surface area contributed by atoms with Gasteiger partial charge in [0.2, 0.25) is 5.88 Å². The van der Waals surface area contributed by atoms with Gasteiger partial charge in [0.25, 0.3) is 0 Å². The molecule has 5 nitrogen and oxygen atoms in total. The Hall–Kier alpha value is -1.38. The Kier molecular flexibility index (Phi) is 4.49. The van der Waals surface area contributed by atoms with Crippen LogP contribution in [-0.2, 0) is 6.18 Å². The molecule has 1 aromatic heterocycles. The first-order chi connectivity index (χ1) is 8.31. The fraction of sp³-hybridized carbons (Fsp3) is 0.500. The van der Waals surface area contributed by atoms with Gasteiger partial charge in [-0.05, 0) is 6.07 Å². The second kappa shape index (κ2) is 5.51. The van der Waals surface area contributed by atoms with Gasteiger partial charge < -0.3 is 20.1 Å². The van der Waals surface area contributed by atoms with Crippen molar-refractivity contribution in [2.24, 2.45) is 0 Å². The predicted octanol–water partition coefficient (Wildman–Crippen LogP) is 0.496. The number of aliphatic hydroxyl groups is 3. The molecule has 0 bridgehead atoms. The van der Waals surface area contributed by atoms with Gasteiger partial charge in [0.1, 0.15) is 17.8 Å². The lowest BCUT2D eigenvalue weighted by molar-refractivity contribution is -0.139. The first-order valence-corrected chi connectivity index (χ1v) is 4.89. The topological polar surface area (TPSA) is 82.8 Å². The standard InChI is InChI=1S/C10H12F3NO4/c1-18-9-6(10(11,12)13)2-5(3-14-9)8(17)7(16)4-15/h2-3,7-8,15-17H,4H2,1H3. The molecule has 0 saturated carbocycles. The Morgan fingerprint density at radius 1 is 1.39 bits per heavy atom.